The lowest BCUT2D eigenvalue weighted by Crippen LogP contribution is -2.38. The molecule has 4 heteroatoms. The van der Waals surface area contributed by atoms with E-state index in [1.165, 1.54) is 0 Å². The molecule has 0 radical (unpaired) electrons. The first-order chi connectivity index (χ1) is 10.2. The summed E-state index contributed by atoms with van der Waals surface area (Å²) < 4.78 is 11.4. The Bertz CT molecular complexity index is 754. The van der Waals surface area contributed by atoms with Gasteiger partial charge in [-0.05, 0) is 18.2 Å². The number of ether oxygens (including phenoxy) is 2. The first kappa shape index (κ1) is 12.3. The fourth-order valence-electron chi connectivity index (χ4n) is 3.26. The van der Waals surface area contributed by atoms with Gasteiger partial charge in [0.2, 0.25) is 0 Å². The topological polar surface area (TPSA) is 38.8 Å². The summed E-state index contributed by atoms with van der Waals surface area (Å²) in [6.45, 7) is 0.659. The molecule has 2 aliphatic rings. The van der Waals surface area contributed by atoms with E-state index in [1.54, 1.807) is 18.1 Å². The van der Waals surface area contributed by atoms with E-state index in [1.807, 2.05) is 31.3 Å². The molecule has 0 aliphatic carbocycles. The standard InChI is InChI=1S/C17H15NO3/c1-18-9-12-10-5-3-4-6-13(10)21-16-14(20-2)8-7-11(15(12)16)17(18)19/h3-8,12H,9H2,1-2H3. The number of methoxy groups -OCH3 is 1. The molecule has 0 saturated carbocycles. The van der Waals surface area contributed by atoms with Gasteiger partial charge in [-0.3, -0.25) is 4.79 Å². The lowest BCUT2D eigenvalue weighted by atomic mass is 9.81. The maximum Gasteiger partial charge on any atom is 0.254 e. The van der Waals surface area contributed by atoms with Crippen molar-refractivity contribution >= 4 is 5.91 Å². The third kappa shape index (κ3) is 1.59. The minimum Gasteiger partial charge on any atom is -0.493 e. The molecule has 21 heavy (non-hydrogen) atoms. The molecule has 2 heterocycles. The van der Waals surface area contributed by atoms with Crippen molar-refractivity contribution in [3.8, 4) is 17.2 Å². The van der Waals surface area contributed by atoms with Gasteiger partial charge in [0, 0.05) is 36.2 Å². The van der Waals surface area contributed by atoms with Gasteiger partial charge in [-0.25, -0.2) is 0 Å². The SMILES string of the molecule is COc1ccc2c3c1Oc1ccccc1C3CN(C)C2=O. The van der Waals surface area contributed by atoms with Crippen molar-refractivity contribution in [1.29, 1.82) is 0 Å². The number of carbonyl (C=O) groups excluding carboxylic acids is 1. The fraction of sp³-hybridized carbons (Fsp3) is 0.235. The Labute approximate surface area is 122 Å². The molecule has 1 atom stereocenters. The minimum atomic E-state index is 0.0353. The number of para-hydroxylation sites is 1. The monoisotopic (exact) mass is 281 g/mol. The summed E-state index contributed by atoms with van der Waals surface area (Å²) in [4.78, 5) is 14.2. The van der Waals surface area contributed by atoms with Crippen LogP contribution in [0, 0.1) is 0 Å². The number of hydrogen-bond acceptors (Lipinski definition) is 3. The molecule has 0 aromatic heterocycles. The van der Waals surface area contributed by atoms with Crippen LogP contribution in [0.15, 0.2) is 36.4 Å². The van der Waals surface area contributed by atoms with Gasteiger partial charge in [0.25, 0.3) is 5.91 Å². The molecule has 4 rings (SSSR count). The van der Waals surface area contributed by atoms with Crippen LogP contribution in [0.2, 0.25) is 0 Å². The van der Waals surface area contributed by atoms with E-state index < -0.39 is 0 Å². The van der Waals surface area contributed by atoms with Gasteiger partial charge in [-0.2, -0.15) is 0 Å². The summed E-state index contributed by atoms with van der Waals surface area (Å²) in [6, 6.07) is 11.6. The first-order valence-electron chi connectivity index (χ1n) is 6.94. The van der Waals surface area contributed by atoms with Gasteiger partial charge in [-0.1, -0.05) is 18.2 Å². The van der Waals surface area contributed by atoms with E-state index in [9.17, 15) is 4.79 Å². The fourth-order valence-corrected chi connectivity index (χ4v) is 3.26. The highest BCUT2D eigenvalue weighted by atomic mass is 16.5. The minimum absolute atomic E-state index is 0.0353. The smallest absolute Gasteiger partial charge is 0.254 e. The van der Waals surface area contributed by atoms with Crippen molar-refractivity contribution < 1.29 is 14.3 Å². The summed E-state index contributed by atoms with van der Waals surface area (Å²) in [7, 11) is 3.46. The number of likely N-dealkylation sites (N-methyl/N-ethyl adjacent to an activating group) is 1. The summed E-state index contributed by atoms with van der Waals surface area (Å²) in [6.07, 6.45) is 0. The van der Waals surface area contributed by atoms with E-state index in [-0.39, 0.29) is 11.8 Å². The molecular weight excluding hydrogens is 266 g/mol. The molecule has 1 amide bonds. The predicted octanol–water partition coefficient (Wildman–Crippen LogP) is 3.02. The number of fused-ring (bicyclic) bond motifs is 2. The molecule has 2 aromatic rings. The van der Waals surface area contributed by atoms with Crippen molar-refractivity contribution in [2.45, 2.75) is 5.92 Å². The number of nitrogens with zero attached hydrogens (tertiary/aromatic N) is 1. The third-order valence-corrected chi connectivity index (χ3v) is 4.27. The van der Waals surface area contributed by atoms with Gasteiger partial charge in [0.15, 0.2) is 11.5 Å². The Kier molecular flexibility index (Phi) is 2.48. The highest BCUT2D eigenvalue weighted by molar-refractivity contribution is 5.98. The van der Waals surface area contributed by atoms with Gasteiger partial charge in [-0.15, -0.1) is 0 Å². The molecule has 0 saturated heterocycles. The second-order valence-electron chi connectivity index (χ2n) is 5.44. The van der Waals surface area contributed by atoms with Crippen molar-refractivity contribution in [2.75, 3.05) is 20.7 Å². The van der Waals surface area contributed by atoms with Crippen molar-refractivity contribution in [3.05, 3.63) is 53.1 Å². The lowest BCUT2D eigenvalue weighted by molar-refractivity contribution is 0.0768. The maximum atomic E-state index is 12.4. The Morgan fingerprint density at radius 2 is 2.05 bits per heavy atom. The Morgan fingerprint density at radius 1 is 1.24 bits per heavy atom. The summed E-state index contributed by atoms with van der Waals surface area (Å²) in [5, 5.41) is 0. The van der Waals surface area contributed by atoms with Crippen LogP contribution < -0.4 is 9.47 Å². The molecule has 2 aliphatic heterocycles. The maximum absolute atomic E-state index is 12.4. The zero-order chi connectivity index (χ0) is 14.6. The van der Waals surface area contributed by atoms with Crippen LogP contribution in [-0.4, -0.2) is 31.5 Å². The Balaban J connectivity index is 2.02. The van der Waals surface area contributed by atoms with Gasteiger partial charge >= 0.3 is 0 Å². The summed E-state index contributed by atoms with van der Waals surface area (Å²) >= 11 is 0. The van der Waals surface area contributed by atoms with E-state index in [4.69, 9.17) is 9.47 Å². The van der Waals surface area contributed by atoms with Crippen molar-refractivity contribution in [1.82, 2.24) is 4.90 Å². The quantitative estimate of drug-likeness (QED) is 0.806. The molecule has 1 unspecified atom stereocenters. The van der Waals surface area contributed by atoms with Gasteiger partial charge in [0.05, 0.1) is 7.11 Å². The molecule has 0 N–H and O–H groups in total. The number of rotatable bonds is 1. The predicted molar refractivity (Wildman–Crippen MR) is 78.3 cm³/mol. The number of amides is 1. The lowest BCUT2D eigenvalue weighted by Gasteiger charge is -2.37. The van der Waals surface area contributed by atoms with Crippen LogP contribution in [-0.2, 0) is 0 Å². The van der Waals surface area contributed by atoms with Crippen LogP contribution in [0.1, 0.15) is 27.4 Å². The molecule has 4 nitrogen and oxygen atoms in total. The second kappa shape index (κ2) is 4.25. The van der Waals surface area contributed by atoms with Crippen LogP contribution in [0.3, 0.4) is 0 Å². The second-order valence-corrected chi connectivity index (χ2v) is 5.44. The van der Waals surface area contributed by atoms with Crippen LogP contribution in [0.25, 0.3) is 0 Å². The van der Waals surface area contributed by atoms with Crippen LogP contribution in [0.5, 0.6) is 17.2 Å². The Morgan fingerprint density at radius 3 is 2.86 bits per heavy atom. The first-order valence-corrected chi connectivity index (χ1v) is 6.94. The average Bonchev–Trinajstić information content (AvgIpc) is 2.52. The summed E-state index contributed by atoms with van der Waals surface area (Å²) in [5.41, 5.74) is 2.79. The molecule has 0 spiro atoms. The molecule has 2 aromatic carbocycles. The number of carbonyl (C=O) groups is 1. The van der Waals surface area contributed by atoms with E-state index in [0.29, 0.717) is 23.6 Å². The highest BCUT2D eigenvalue weighted by Crippen LogP contribution is 2.51. The molecular formula is C17H15NO3. The van der Waals surface area contributed by atoms with E-state index >= 15 is 0 Å². The summed E-state index contributed by atoms with van der Waals surface area (Å²) in [5.74, 6) is 2.37. The largest absolute Gasteiger partial charge is 0.493 e. The van der Waals surface area contributed by atoms with Crippen LogP contribution in [0.4, 0.5) is 0 Å². The zero-order valence-corrected chi connectivity index (χ0v) is 11.9. The third-order valence-electron chi connectivity index (χ3n) is 4.27. The van der Waals surface area contributed by atoms with Gasteiger partial charge in [0.1, 0.15) is 5.75 Å². The molecule has 0 fully saturated rings. The van der Waals surface area contributed by atoms with Crippen molar-refractivity contribution in [3.63, 3.8) is 0 Å². The Hall–Kier alpha value is -2.49. The number of hydrogen-bond donors (Lipinski definition) is 0. The molecule has 0 bridgehead atoms. The van der Waals surface area contributed by atoms with E-state index in [2.05, 4.69) is 6.07 Å². The van der Waals surface area contributed by atoms with E-state index in [0.717, 1.165) is 16.9 Å². The number of benzene rings is 2. The zero-order valence-electron chi connectivity index (χ0n) is 11.9. The molecule has 106 valence electrons. The van der Waals surface area contributed by atoms with Crippen LogP contribution >= 0.6 is 0 Å². The normalized spacial score (nSPS) is 18.7. The average molecular weight is 281 g/mol. The van der Waals surface area contributed by atoms with Crippen molar-refractivity contribution in [2.24, 2.45) is 0 Å². The highest BCUT2D eigenvalue weighted by Gasteiger charge is 2.38. The van der Waals surface area contributed by atoms with Gasteiger partial charge < -0.3 is 14.4 Å².